The van der Waals surface area contributed by atoms with E-state index in [2.05, 4.69) is 4.99 Å². The average Bonchev–Trinajstić information content (AvgIpc) is 2.79. The van der Waals surface area contributed by atoms with Crippen LogP contribution in [-0.4, -0.2) is 23.3 Å². The molecule has 0 aliphatic carbocycles. The first-order valence-electron chi connectivity index (χ1n) is 8.22. The van der Waals surface area contributed by atoms with E-state index in [9.17, 15) is 14.0 Å². The molecule has 1 aliphatic rings. The molecule has 0 saturated heterocycles. The molecule has 0 fully saturated rings. The Kier molecular flexibility index (Phi) is 4.59. The highest BCUT2D eigenvalue weighted by Crippen LogP contribution is 2.31. The maximum atomic E-state index is 13.7. The van der Waals surface area contributed by atoms with Crippen LogP contribution in [0.25, 0.3) is 0 Å². The van der Waals surface area contributed by atoms with Crippen molar-refractivity contribution in [2.45, 2.75) is 32.9 Å². The molecule has 0 unspecified atom stereocenters. The highest BCUT2D eigenvalue weighted by Gasteiger charge is 2.35. The number of aliphatic imine (C=N–C) groups is 1. The third-order valence-corrected chi connectivity index (χ3v) is 3.73. The Bertz CT molecular complexity index is 886. The smallest absolute Gasteiger partial charge is 0.434 e. The van der Waals surface area contributed by atoms with Gasteiger partial charge in [-0.1, -0.05) is 30.3 Å². The number of rotatable bonds is 2. The fourth-order valence-corrected chi connectivity index (χ4v) is 2.69. The van der Waals surface area contributed by atoms with Crippen molar-refractivity contribution < 1.29 is 18.7 Å². The standard InChI is InChI=1S/C20H19FN2O3/c1-20(2,3)26-19(25)22-17-15-11-14(21)9-10-16(15)23(18(17)24)12-13-7-5-4-6-8-13/h4-11H,12H2,1-3H3/b22-17-. The minimum absolute atomic E-state index is 0.107. The summed E-state index contributed by atoms with van der Waals surface area (Å²) >= 11 is 0. The second-order valence-electron chi connectivity index (χ2n) is 6.98. The molecule has 6 heteroatoms. The SMILES string of the molecule is CC(C)(C)OC(=O)/N=C1\C(=O)N(Cc2ccccc2)c2ccc(F)cc21. The van der Waals surface area contributed by atoms with Gasteiger partial charge < -0.3 is 9.64 Å². The van der Waals surface area contributed by atoms with Gasteiger partial charge in [0.1, 0.15) is 17.1 Å². The summed E-state index contributed by atoms with van der Waals surface area (Å²) in [7, 11) is 0. The lowest BCUT2D eigenvalue weighted by Gasteiger charge is -2.17. The molecular weight excluding hydrogens is 335 g/mol. The van der Waals surface area contributed by atoms with Crippen LogP contribution in [0.1, 0.15) is 31.9 Å². The molecule has 0 N–H and O–H groups in total. The normalized spacial score (nSPS) is 15.3. The zero-order valence-corrected chi connectivity index (χ0v) is 14.8. The van der Waals surface area contributed by atoms with E-state index in [-0.39, 0.29) is 11.3 Å². The van der Waals surface area contributed by atoms with Crippen LogP contribution in [0.5, 0.6) is 0 Å². The number of hydrogen-bond acceptors (Lipinski definition) is 3. The van der Waals surface area contributed by atoms with Crippen LogP contribution in [0, 0.1) is 5.82 Å². The van der Waals surface area contributed by atoms with Crippen molar-refractivity contribution in [3.05, 3.63) is 65.5 Å². The van der Waals surface area contributed by atoms with Crippen LogP contribution in [0.3, 0.4) is 0 Å². The predicted molar refractivity (Wildman–Crippen MR) is 96.8 cm³/mol. The fraction of sp³-hybridized carbons (Fsp3) is 0.250. The number of halogens is 1. The van der Waals surface area contributed by atoms with E-state index in [0.29, 0.717) is 12.2 Å². The Morgan fingerprint density at radius 1 is 1.15 bits per heavy atom. The summed E-state index contributed by atoms with van der Waals surface area (Å²) in [5.74, 6) is -0.963. The van der Waals surface area contributed by atoms with E-state index in [0.717, 1.165) is 5.56 Å². The molecule has 0 radical (unpaired) electrons. The number of amides is 2. The molecule has 134 valence electrons. The molecule has 0 aromatic heterocycles. The van der Waals surface area contributed by atoms with E-state index in [4.69, 9.17) is 4.74 Å². The van der Waals surface area contributed by atoms with Crippen molar-refractivity contribution in [1.29, 1.82) is 0 Å². The Balaban J connectivity index is 1.98. The second kappa shape index (κ2) is 6.71. The van der Waals surface area contributed by atoms with Gasteiger partial charge in [-0.2, -0.15) is 4.99 Å². The molecule has 0 saturated carbocycles. The molecule has 0 spiro atoms. The topological polar surface area (TPSA) is 59.0 Å². The van der Waals surface area contributed by atoms with Crippen molar-refractivity contribution in [3.8, 4) is 0 Å². The van der Waals surface area contributed by atoms with Crippen LogP contribution >= 0.6 is 0 Å². The van der Waals surface area contributed by atoms with Crippen LogP contribution in [0.2, 0.25) is 0 Å². The number of carbonyl (C=O) groups is 2. The summed E-state index contributed by atoms with van der Waals surface area (Å²) in [6.45, 7) is 5.41. The van der Waals surface area contributed by atoms with Gasteiger partial charge in [0, 0.05) is 5.56 Å². The Hall–Kier alpha value is -3.02. The van der Waals surface area contributed by atoms with Crippen LogP contribution in [0.4, 0.5) is 14.9 Å². The van der Waals surface area contributed by atoms with Crippen molar-refractivity contribution >= 4 is 23.4 Å². The molecule has 3 rings (SSSR count). The second-order valence-corrected chi connectivity index (χ2v) is 6.98. The van der Waals surface area contributed by atoms with Gasteiger partial charge in [-0.15, -0.1) is 0 Å². The summed E-state index contributed by atoms with van der Waals surface area (Å²) in [6, 6.07) is 13.4. The van der Waals surface area contributed by atoms with Crippen molar-refractivity contribution in [3.63, 3.8) is 0 Å². The molecule has 2 aromatic rings. The van der Waals surface area contributed by atoms with E-state index in [1.807, 2.05) is 30.3 Å². The zero-order chi connectivity index (χ0) is 18.9. The Morgan fingerprint density at radius 2 is 1.85 bits per heavy atom. The molecule has 26 heavy (non-hydrogen) atoms. The number of fused-ring (bicyclic) bond motifs is 1. The van der Waals surface area contributed by atoms with Gasteiger partial charge in [-0.3, -0.25) is 4.79 Å². The minimum atomic E-state index is -0.877. The van der Waals surface area contributed by atoms with Gasteiger partial charge in [0.25, 0.3) is 5.91 Å². The fourth-order valence-electron chi connectivity index (χ4n) is 2.69. The van der Waals surface area contributed by atoms with E-state index >= 15 is 0 Å². The number of hydrogen-bond donors (Lipinski definition) is 0. The zero-order valence-electron chi connectivity index (χ0n) is 14.8. The summed E-state index contributed by atoms with van der Waals surface area (Å²) in [6.07, 6.45) is -0.877. The quantitative estimate of drug-likeness (QED) is 0.816. The van der Waals surface area contributed by atoms with Gasteiger partial charge in [0.15, 0.2) is 0 Å². The van der Waals surface area contributed by atoms with E-state index in [1.54, 1.807) is 20.8 Å². The van der Waals surface area contributed by atoms with Crippen LogP contribution in [-0.2, 0) is 16.1 Å². The lowest BCUT2D eigenvalue weighted by Crippen LogP contribution is -2.30. The van der Waals surface area contributed by atoms with E-state index in [1.165, 1.54) is 23.1 Å². The molecule has 2 amide bonds. The first-order chi connectivity index (χ1) is 12.2. The summed E-state index contributed by atoms with van der Waals surface area (Å²) in [5.41, 5.74) is 0.871. The number of anilines is 1. The number of ether oxygens (including phenoxy) is 1. The predicted octanol–water partition coefficient (Wildman–Crippen LogP) is 4.10. The number of benzene rings is 2. The lowest BCUT2D eigenvalue weighted by atomic mass is 10.1. The molecule has 1 aliphatic heterocycles. The minimum Gasteiger partial charge on any atom is -0.442 e. The molecule has 1 heterocycles. The van der Waals surface area contributed by atoms with Crippen LogP contribution < -0.4 is 4.90 Å². The van der Waals surface area contributed by atoms with Crippen LogP contribution in [0.15, 0.2) is 53.5 Å². The highest BCUT2D eigenvalue weighted by atomic mass is 19.1. The van der Waals surface area contributed by atoms with Crippen molar-refractivity contribution in [1.82, 2.24) is 0 Å². The maximum absolute atomic E-state index is 13.7. The summed E-state index contributed by atoms with van der Waals surface area (Å²) in [5, 5.41) is 0. The largest absolute Gasteiger partial charge is 0.442 e. The molecule has 0 atom stereocenters. The van der Waals surface area contributed by atoms with Gasteiger partial charge in [0.2, 0.25) is 0 Å². The third-order valence-electron chi connectivity index (χ3n) is 3.73. The van der Waals surface area contributed by atoms with Crippen molar-refractivity contribution in [2.24, 2.45) is 4.99 Å². The highest BCUT2D eigenvalue weighted by molar-refractivity contribution is 6.55. The summed E-state index contributed by atoms with van der Waals surface area (Å²) < 4.78 is 18.9. The van der Waals surface area contributed by atoms with E-state index < -0.39 is 23.4 Å². The van der Waals surface area contributed by atoms with Gasteiger partial charge in [-0.05, 0) is 44.5 Å². The Morgan fingerprint density at radius 3 is 2.50 bits per heavy atom. The molecule has 2 aromatic carbocycles. The Labute approximate surface area is 151 Å². The van der Waals surface area contributed by atoms with Crippen molar-refractivity contribution in [2.75, 3.05) is 4.90 Å². The van der Waals surface area contributed by atoms with Gasteiger partial charge >= 0.3 is 6.09 Å². The number of nitrogens with zero attached hydrogens (tertiary/aromatic N) is 2. The maximum Gasteiger partial charge on any atom is 0.434 e. The third kappa shape index (κ3) is 3.79. The molecule has 5 nitrogen and oxygen atoms in total. The molecular formula is C20H19FN2O3. The summed E-state index contributed by atoms with van der Waals surface area (Å²) in [4.78, 5) is 30.2. The van der Waals surface area contributed by atoms with Gasteiger partial charge in [-0.25, -0.2) is 9.18 Å². The first-order valence-corrected chi connectivity index (χ1v) is 8.22. The lowest BCUT2D eigenvalue weighted by molar-refractivity contribution is -0.112. The van der Waals surface area contributed by atoms with Gasteiger partial charge in [0.05, 0.1) is 12.2 Å². The number of carbonyl (C=O) groups excluding carboxylic acids is 2. The monoisotopic (exact) mass is 354 g/mol. The average molecular weight is 354 g/mol. The first kappa shape index (κ1) is 17.8. The molecule has 0 bridgehead atoms.